The van der Waals surface area contributed by atoms with E-state index in [0.29, 0.717) is 85.1 Å². The standard InChI is InChI=1S/C24H23N5O5.C24H21N5O4.C21H14N4O4.C10H10N2O2S.C3H9NO.Na.H/c1-26(10-11-30)14-19(31)15-27-21-5-3-2-4-20(21)23-22(27)12-16(13-25)24(32)28(23)17-6-8-18(9-7-17)29(33)34;1-26-10-11-33-19(14-26)15-27-21-5-3-2-4-20(21)23-22(27)12-16(13-25)24(30)28(23)17-6-8-18(9-7-17)29(31)32;22-10-13-9-19-20(17-3-1-2-4-18(17)23(19)11-16-12-29-16)24(21(13)26)14-5-7-15(8-6-14)25(27)28;1-9-2-4-10(5-3-9)15(13,14)12-7-6-11-8-12;1-4-2-3-5;;/h2-9,12,19,30-31H,10-11,14-15H2,1H3;2-9,12,19H,10-11,14-15H2,1H3;1-9,16H,11-12H2;2-8H,1H3;4-5H,2-3H2,1H3;;/q;;;;;+1;-1. The number of aliphatic hydroxyl groups excluding tert-OH is 3. The molecule has 0 radical (unpaired) electrons. The van der Waals surface area contributed by atoms with Gasteiger partial charge in [-0.25, -0.2) is 17.4 Å². The molecule has 3 unspecified atom stereocenters. The molecule has 16 rings (SSSR count). The number of hydrogen-bond acceptors (Lipinski definition) is 23. The quantitative estimate of drug-likeness (QED) is 0.0297. The maximum atomic E-state index is 13.3. The molecule has 2 fully saturated rings. The second kappa shape index (κ2) is 37.7. The number of para-hydroxylation sites is 3. The first-order chi connectivity index (χ1) is 55.9. The van der Waals surface area contributed by atoms with Crippen molar-refractivity contribution in [1.29, 1.82) is 15.8 Å². The van der Waals surface area contributed by atoms with E-state index in [1.54, 1.807) is 50.5 Å². The molecule has 594 valence electrons. The van der Waals surface area contributed by atoms with E-state index in [1.165, 1.54) is 111 Å². The number of nitrogens with zero attached hydrogens (tertiary/aromatic N) is 16. The van der Waals surface area contributed by atoms with Crippen molar-refractivity contribution in [3.63, 3.8) is 0 Å². The number of epoxide rings is 1. The van der Waals surface area contributed by atoms with Crippen LogP contribution in [0.15, 0.2) is 226 Å². The fourth-order valence-corrected chi connectivity index (χ4v) is 15.0. The first-order valence-corrected chi connectivity index (χ1v) is 37.8. The van der Waals surface area contributed by atoms with Gasteiger partial charge in [-0.2, -0.15) is 15.8 Å². The number of rotatable bonds is 20. The number of aliphatic hydroxyl groups is 3. The van der Waals surface area contributed by atoms with Gasteiger partial charge in [0, 0.05) is 115 Å². The molecule has 9 heterocycles. The van der Waals surface area contributed by atoms with E-state index in [9.17, 15) is 74.0 Å². The molecule has 33 nitrogen and oxygen atoms in total. The second-order valence-electron chi connectivity index (χ2n) is 27.2. The van der Waals surface area contributed by atoms with Gasteiger partial charge in [-0.1, -0.05) is 72.3 Å². The van der Waals surface area contributed by atoms with Crippen LogP contribution >= 0.6 is 0 Å². The number of nitro groups is 3. The molecule has 0 amide bonds. The van der Waals surface area contributed by atoms with Crippen molar-refractivity contribution in [2.45, 2.75) is 49.8 Å². The normalized spacial score (nSPS) is 14.0. The summed E-state index contributed by atoms with van der Waals surface area (Å²) in [6.45, 7) is 7.92. The Hall–Kier alpha value is -12.7. The van der Waals surface area contributed by atoms with Crippen LogP contribution in [-0.4, -0.2) is 183 Å². The average molecular weight is 1610 g/mol. The minimum Gasteiger partial charge on any atom is -1.00 e. The molecule has 3 atom stereocenters. The topological polar surface area (TPSA) is 434 Å². The first-order valence-electron chi connectivity index (χ1n) is 36.3. The summed E-state index contributed by atoms with van der Waals surface area (Å²) in [6, 6.07) is 57.4. The van der Waals surface area contributed by atoms with E-state index < -0.39 is 47.6 Å². The van der Waals surface area contributed by atoms with Crippen LogP contribution in [0.25, 0.3) is 82.9 Å². The zero-order valence-corrected chi connectivity index (χ0v) is 66.9. The molecule has 35 heteroatoms. The minimum atomic E-state index is -3.46. The van der Waals surface area contributed by atoms with Crippen LogP contribution in [0.1, 0.15) is 23.7 Å². The zero-order valence-electron chi connectivity index (χ0n) is 65.1. The number of morpholine rings is 1. The SMILES string of the molecule is CN(CCO)CC(O)Cn1c2ccccc2c2c1cc(C#N)c(=O)n2-c1ccc([N+](=O)[O-])cc1.CN1CCOC(Cn2c3ccccc3c3c2cc(C#N)c(=O)n3-c2ccc([N+](=O)[O-])cc2)C1.CNCCO.Cc1ccc(S(=O)(=O)n2ccnc2)cc1.N#Cc1cc2c(c3ccccc3n2CC2CO2)n(-c2ccc([N+](=O)[O-])cc2)c1=O.[H-].[Na+]. The molecule has 2 saturated heterocycles. The van der Waals surface area contributed by atoms with Gasteiger partial charge in [-0.15, -0.1) is 0 Å². The van der Waals surface area contributed by atoms with Crippen molar-refractivity contribution in [3.8, 4) is 35.3 Å². The predicted molar refractivity (Wildman–Crippen MR) is 435 cm³/mol. The summed E-state index contributed by atoms with van der Waals surface area (Å²) >= 11 is 0. The Bertz CT molecular complexity index is 6470. The fraction of sp³-hybridized carbons (Fsp3) is 0.232. The Morgan fingerprint density at radius 1 is 0.598 bits per heavy atom. The zero-order chi connectivity index (χ0) is 82.6. The number of nitrogens with one attached hydrogen (secondary N) is 1. The molecule has 2 aliphatic rings. The first kappa shape index (κ1) is 85.2. The van der Waals surface area contributed by atoms with Crippen molar-refractivity contribution in [3.05, 3.63) is 290 Å². The van der Waals surface area contributed by atoms with Crippen molar-refractivity contribution in [2.24, 2.45) is 0 Å². The summed E-state index contributed by atoms with van der Waals surface area (Å²) in [4.78, 5) is 79.3. The number of likely N-dealkylation sites (N-methyl/N-ethyl adjacent to an activating group) is 3. The molecule has 117 heavy (non-hydrogen) atoms. The van der Waals surface area contributed by atoms with Crippen LogP contribution in [0, 0.1) is 71.3 Å². The van der Waals surface area contributed by atoms with Gasteiger partial charge in [0.05, 0.1) is 134 Å². The monoisotopic (exact) mass is 1610 g/mol. The van der Waals surface area contributed by atoms with Crippen molar-refractivity contribution in [2.75, 3.05) is 80.3 Å². The molecule has 0 spiro atoms. The number of aromatic nitrogens is 8. The van der Waals surface area contributed by atoms with Gasteiger partial charge < -0.3 is 55.0 Å². The Morgan fingerprint density at radius 2 is 1.00 bits per heavy atom. The fourth-order valence-electron chi connectivity index (χ4n) is 13.8. The summed E-state index contributed by atoms with van der Waals surface area (Å²) in [5.74, 6) is 0. The van der Waals surface area contributed by atoms with E-state index in [1.807, 2.05) is 107 Å². The van der Waals surface area contributed by atoms with Gasteiger partial charge in [-0.3, -0.25) is 58.4 Å². The van der Waals surface area contributed by atoms with E-state index in [0.717, 1.165) is 66.4 Å². The van der Waals surface area contributed by atoms with Gasteiger partial charge in [0.15, 0.2) is 0 Å². The molecule has 4 N–H and O–H groups in total. The maximum absolute atomic E-state index is 13.3. The van der Waals surface area contributed by atoms with E-state index >= 15 is 0 Å². The van der Waals surface area contributed by atoms with Gasteiger partial charge >= 0.3 is 29.6 Å². The summed E-state index contributed by atoms with van der Waals surface area (Å²) in [5, 5.41) is 95.2. The number of aryl methyl sites for hydroxylation is 1. The van der Waals surface area contributed by atoms with Crippen molar-refractivity contribution < 1.29 is 79.0 Å². The van der Waals surface area contributed by atoms with Gasteiger partial charge in [0.25, 0.3) is 43.8 Å². The number of nitriles is 3. The van der Waals surface area contributed by atoms with Crippen LogP contribution in [0.5, 0.6) is 0 Å². The maximum Gasteiger partial charge on any atom is 1.00 e. The smallest absolute Gasteiger partial charge is 1.00 e. The number of fused-ring (bicyclic) bond motifs is 9. The minimum absolute atomic E-state index is 0. The Balaban J connectivity index is 0.000000166. The van der Waals surface area contributed by atoms with Crippen LogP contribution in [0.3, 0.4) is 0 Å². The average Bonchev–Trinajstić information content (AvgIpc) is 1.59. The molecule has 7 aromatic carbocycles. The van der Waals surface area contributed by atoms with Crippen LogP contribution in [0.4, 0.5) is 17.1 Å². The van der Waals surface area contributed by atoms with Crippen molar-refractivity contribution in [1.82, 2.24) is 51.5 Å². The molecular formula is C82H78N17NaO16S. The number of imidazole rings is 1. The van der Waals surface area contributed by atoms with Crippen LogP contribution in [-0.2, 0) is 39.1 Å². The molecule has 2 aliphatic heterocycles. The third-order valence-corrected chi connectivity index (χ3v) is 21.1. The summed E-state index contributed by atoms with van der Waals surface area (Å²) in [6.07, 6.45) is 3.42. The molecular weight excluding hydrogens is 1530 g/mol. The number of ether oxygens (including phenoxy) is 2. The third-order valence-electron chi connectivity index (χ3n) is 19.4. The van der Waals surface area contributed by atoms with E-state index in [4.69, 9.17) is 19.7 Å². The molecule has 7 aromatic heterocycles. The Kier molecular flexibility index (Phi) is 27.5. The largest absolute Gasteiger partial charge is 1.00 e. The number of pyridine rings is 3. The summed E-state index contributed by atoms with van der Waals surface area (Å²) in [5.41, 5.74) is 7.15. The molecule has 0 bridgehead atoms. The second-order valence-corrected chi connectivity index (χ2v) is 29.1. The van der Waals surface area contributed by atoms with Gasteiger partial charge in [-0.05, 0) is 113 Å². The molecule has 14 aromatic rings. The summed E-state index contributed by atoms with van der Waals surface area (Å²) < 4.78 is 46.7. The number of nitro benzene ring substituents is 3. The van der Waals surface area contributed by atoms with Gasteiger partial charge in [0.1, 0.15) is 41.2 Å². The van der Waals surface area contributed by atoms with Gasteiger partial charge in [0.2, 0.25) is 0 Å². The van der Waals surface area contributed by atoms with E-state index in [2.05, 4.69) is 31.4 Å². The predicted octanol–water partition coefficient (Wildman–Crippen LogP) is 5.93. The van der Waals surface area contributed by atoms with Crippen LogP contribution < -0.4 is 51.6 Å². The number of non-ortho nitro benzene ring substituents is 3. The van der Waals surface area contributed by atoms with E-state index in [-0.39, 0.29) is 102 Å². The molecule has 0 saturated carbocycles. The molecule has 0 aliphatic carbocycles. The van der Waals surface area contributed by atoms with Crippen molar-refractivity contribution >= 4 is 92.9 Å². The van der Waals surface area contributed by atoms with Crippen LogP contribution in [0.2, 0.25) is 0 Å². The Labute approximate surface area is 690 Å². The Morgan fingerprint density at radius 3 is 1.35 bits per heavy atom. The number of hydrogen-bond donors (Lipinski definition) is 4. The summed E-state index contributed by atoms with van der Waals surface area (Å²) in [7, 11) is 2.20. The third kappa shape index (κ3) is 18.5. The number of benzene rings is 7.